The Morgan fingerprint density at radius 3 is 2.48 bits per heavy atom. The third kappa shape index (κ3) is 4.09. The quantitative estimate of drug-likeness (QED) is 0.722. The molecule has 0 radical (unpaired) electrons. The summed E-state index contributed by atoms with van der Waals surface area (Å²) in [6.45, 7) is 0. The lowest BCUT2D eigenvalue weighted by molar-refractivity contribution is -0.121. The number of carbonyl (C=O) groups excluding carboxylic acids is 3. The molecule has 0 aromatic heterocycles. The van der Waals surface area contributed by atoms with Crippen LogP contribution in [0.1, 0.15) is 16.8 Å². The zero-order valence-electron chi connectivity index (χ0n) is 13.8. The van der Waals surface area contributed by atoms with E-state index in [0.717, 1.165) is 16.7 Å². The van der Waals surface area contributed by atoms with Gasteiger partial charge in [0.25, 0.3) is 5.24 Å². The lowest BCUT2D eigenvalue weighted by Crippen LogP contribution is -2.32. The molecule has 0 spiro atoms. The van der Waals surface area contributed by atoms with Gasteiger partial charge < -0.3 is 15.5 Å². The molecule has 138 valence electrons. The van der Waals surface area contributed by atoms with E-state index in [-0.39, 0.29) is 23.4 Å². The minimum absolute atomic E-state index is 0.00465. The summed E-state index contributed by atoms with van der Waals surface area (Å²) in [5.41, 5.74) is 0.622. The first-order valence-electron chi connectivity index (χ1n) is 7.82. The highest BCUT2D eigenvalue weighted by Crippen LogP contribution is 2.34. The summed E-state index contributed by atoms with van der Waals surface area (Å²) in [6.07, 6.45) is -0.235. The van der Waals surface area contributed by atoms with Gasteiger partial charge in [-0.05, 0) is 54.2 Å². The molecule has 1 aliphatic rings. The van der Waals surface area contributed by atoms with Gasteiger partial charge in [0.05, 0.1) is 11.3 Å². The van der Waals surface area contributed by atoms with Crippen LogP contribution >= 0.6 is 11.8 Å². The van der Waals surface area contributed by atoms with Gasteiger partial charge in [0, 0.05) is 12.1 Å². The number of carbonyl (C=O) groups is 4. The van der Waals surface area contributed by atoms with Crippen LogP contribution in [0.4, 0.5) is 16.2 Å². The largest absolute Gasteiger partial charge is 0.508 e. The van der Waals surface area contributed by atoms with Crippen LogP contribution in [0, 0.1) is 0 Å². The summed E-state index contributed by atoms with van der Waals surface area (Å²) in [5.74, 6) is -2.15. The summed E-state index contributed by atoms with van der Waals surface area (Å²) in [5, 5.41) is 19.4. The fourth-order valence-corrected chi connectivity index (χ4v) is 3.52. The van der Waals surface area contributed by atoms with Crippen molar-refractivity contribution in [2.75, 3.05) is 10.2 Å². The number of amides is 3. The number of hydrogen-bond donors (Lipinski definition) is 3. The van der Waals surface area contributed by atoms with Crippen LogP contribution in [0.15, 0.2) is 48.5 Å². The summed E-state index contributed by atoms with van der Waals surface area (Å²) in [4.78, 5) is 48.8. The van der Waals surface area contributed by atoms with Crippen LogP contribution < -0.4 is 10.2 Å². The fourth-order valence-electron chi connectivity index (χ4n) is 2.53. The number of phenolic OH excluding ortho intramolecular Hbond substituents is 1. The molecule has 1 aliphatic heterocycles. The van der Waals surface area contributed by atoms with Crippen LogP contribution in [0.5, 0.6) is 5.75 Å². The Bertz CT molecular complexity index is 928. The molecule has 0 aliphatic carbocycles. The summed E-state index contributed by atoms with van der Waals surface area (Å²) < 4.78 is 0. The SMILES string of the molecule is O=C(CC1SC(=O)N(c2ccc(O)cc2)C1=O)Nc1cccc(C(=O)O)c1. The van der Waals surface area contributed by atoms with Crippen molar-refractivity contribution in [3.8, 4) is 5.75 Å². The highest BCUT2D eigenvalue weighted by molar-refractivity contribution is 8.15. The first kappa shape index (κ1) is 18.5. The Labute approximate surface area is 157 Å². The van der Waals surface area contributed by atoms with E-state index in [1.54, 1.807) is 0 Å². The van der Waals surface area contributed by atoms with Crippen LogP contribution in [-0.4, -0.2) is 38.5 Å². The van der Waals surface area contributed by atoms with E-state index in [2.05, 4.69) is 5.32 Å². The van der Waals surface area contributed by atoms with Gasteiger partial charge in [0.2, 0.25) is 11.8 Å². The van der Waals surface area contributed by atoms with Gasteiger partial charge in [-0.25, -0.2) is 9.69 Å². The van der Waals surface area contributed by atoms with Crippen molar-refractivity contribution >= 4 is 46.2 Å². The molecule has 2 aromatic rings. The first-order chi connectivity index (χ1) is 12.8. The van der Waals surface area contributed by atoms with Crippen molar-refractivity contribution < 1.29 is 29.4 Å². The first-order valence-corrected chi connectivity index (χ1v) is 8.70. The predicted molar refractivity (Wildman–Crippen MR) is 99.0 cm³/mol. The molecule has 1 atom stereocenters. The fraction of sp³-hybridized carbons (Fsp3) is 0.111. The Morgan fingerprint density at radius 2 is 1.81 bits per heavy atom. The molecule has 2 aromatic carbocycles. The zero-order valence-corrected chi connectivity index (χ0v) is 14.6. The smallest absolute Gasteiger partial charge is 0.335 e. The molecular formula is C18H14N2O6S. The Balaban J connectivity index is 1.67. The highest BCUT2D eigenvalue weighted by Gasteiger charge is 2.41. The molecule has 0 saturated carbocycles. The number of anilines is 2. The van der Waals surface area contributed by atoms with Gasteiger partial charge in [-0.15, -0.1) is 0 Å². The van der Waals surface area contributed by atoms with Crippen LogP contribution in [0.25, 0.3) is 0 Å². The average Bonchev–Trinajstić information content (AvgIpc) is 2.89. The number of thioether (sulfide) groups is 1. The number of nitrogens with zero attached hydrogens (tertiary/aromatic N) is 1. The normalized spacial score (nSPS) is 16.4. The standard InChI is InChI=1S/C18H14N2O6S/c21-13-6-4-12(5-7-13)20-16(23)14(27-18(20)26)9-15(22)19-11-3-1-2-10(8-11)17(24)25/h1-8,14,21H,9H2,(H,19,22)(H,24,25). The highest BCUT2D eigenvalue weighted by atomic mass is 32.2. The molecule has 3 amide bonds. The molecular weight excluding hydrogens is 372 g/mol. The van der Waals surface area contributed by atoms with Gasteiger partial charge in [-0.3, -0.25) is 14.4 Å². The number of phenols is 1. The van der Waals surface area contributed by atoms with E-state index in [4.69, 9.17) is 5.11 Å². The topological polar surface area (TPSA) is 124 Å². The number of nitrogens with one attached hydrogen (secondary N) is 1. The zero-order chi connectivity index (χ0) is 19.6. The lowest BCUT2D eigenvalue weighted by atomic mass is 10.2. The number of benzene rings is 2. The number of carboxylic acid groups (broad SMARTS) is 1. The summed E-state index contributed by atoms with van der Waals surface area (Å²) in [6, 6.07) is 11.3. The van der Waals surface area contributed by atoms with E-state index in [1.807, 2.05) is 0 Å². The Morgan fingerprint density at radius 1 is 1.11 bits per heavy atom. The van der Waals surface area contributed by atoms with Crippen LogP contribution in [-0.2, 0) is 9.59 Å². The van der Waals surface area contributed by atoms with Gasteiger partial charge in [-0.2, -0.15) is 0 Å². The molecule has 1 unspecified atom stereocenters. The van der Waals surface area contributed by atoms with E-state index >= 15 is 0 Å². The molecule has 1 saturated heterocycles. The Hall–Kier alpha value is -3.33. The molecule has 9 heteroatoms. The average molecular weight is 386 g/mol. The summed E-state index contributed by atoms with van der Waals surface area (Å²) in [7, 11) is 0. The van der Waals surface area contributed by atoms with E-state index in [1.165, 1.54) is 48.5 Å². The second-order valence-corrected chi connectivity index (χ2v) is 6.85. The maximum Gasteiger partial charge on any atom is 0.335 e. The van der Waals surface area contributed by atoms with Crippen molar-refractivity contribution in [1.29, 1.82) is 0 Å². The van der Waals surface area contributed by atoms with Crippen molar-refractivity contribution in [3.05, 3.63) is 54.1 Å². The minimum atomic E-state index is -1.12. The van der Waals surface area contributed by atoms with Crippen LogP contribution in [0.2, 0.25) is 0 Å². The number of aromatic carboxylic acids is 1. The molecule has 3 rings (SSSR count). The van der Waals surface area contributed by atoms with E-state index in [0.29, 0.717) is 5.69 Å². The number of aromatic hydroxyl groups is 1. The second kappa shape index (κ2) is 7.50. The van der Waals surface area contributed by atoms with E-state index in [9.17, 15) is 24.3 Å². The van der Waals surface area contributed by atoms with Crippen LogP contribution in [0.3, 0.4) is 0 Å². The number of imide groups is 1. The molecule has 0 bridgehead atoms. The molecule has 3 N–H and O–H groups in total. The Kier molecular flexibility index (Phi) is 5.13. The van der Waals surface area contributed by atoms with Crippen molar-refractivity contribution in [1.82, 2.24) is 0 Å². The van der Waals surface area contributed by atoms with Crippen molar-refractivity contribution in [2.45, 2.75) is 11.7 Å². The summed E-state index contributed by atoms with van der Waals surface area (Å²) >= 11 is 0.748. The van der Waals surface area contributed by atoms with Gasteiger partial charge in [-0.1, -0.05) is 6.07 Å². The predicted octanol–water partition coefficient (Wildman–Crippen LogP) is 2.69. The molecule has 8 nitrogen and oxygen atoms in total. The van der Waals surface area contributed by atoms with Gasteiger partial charge in [0.15, 0.2) is 0 Å². The van der Waals surface area contributed by atoms with Crippen molar-refractivity contribution in [3.63, 3.8) is 0 Å². The number of hydrogen-bond acceptors (Lipinski definition) is 6. The maximum absolute atomic E-state index is 12.5. The monoisotopic (exact) mass is 386 g/mol. The van der Waals surface area contributed by atoms with E-state index < -0.39 is 28.3 Å². The maximum atomic E-state index is 12.5. The molecule has 27 heavy (non-hydrogen) atoms. The van der Waals surface area contributed by atoms with Crippen molar-refractivity contribution in [2.24, 2.45) is 0 Å². The number of rotatable bonds is 5. The van der Waals surface area contributed by atoms with Gasteiger partial charge >= 0.3 is 5.97 Å². The van der Waals surface area contributed by atoms with Gasteiger partial charge in [0.1, 0.15) is 11.0 Å². The number of carboxylic acids is 1. The molecule has 1 fully saturated rings. The third-order valence-corrected chi connectivity index (χ3v) is 4.83. The molecule has 1 heterocycles. The minimum Gasteiger partial charge on any atom is -0.508 e. The third-order valence-electron chi connectivity index (χ3n) is 3.79. The lowest BCUT2D eigenvalue weighted by Gasteiger charge is -2.14. The second-order valence-electron chi connectivity index (χ2n) is 5.70.